The van der Waals surface area contributed by atoms with Crippen molar-refractivity contribution >= 4 is 11.6 Å². The van der Waals surface area contributed by atoms with Crippen LogP contribution in [0.5, 0.6) is 0 Å². The molecule has 1 fully saturated rings. The van der Waals surface area contributed by atoms with E-state index in [0.29, 0.717) is 0 Å². The van der Waals surface area contributed by atoms with E-state index in [1.165, 1.54) is 25.9 Å². The van der Waals surface area contributed by atoms with Crippen LogP contribution < -0.4 is 0 Å². The minimum absolute atomic E-state index is 0.721. The van der Waals surface area contributed by atoms with Crippen LogP contribution in [-0.2, 0) is 0 Å². The molecule has 1 aliphatic rings. The van der Waals surface area contributed by atoms with Crippen molar-refractivity contribution in [3.8, 4) is 0 Å². The molecule has 54 valence electrons. The molecule has 0 aromatic carbocycles. The molecule has 1 aliphatic heterocycles. The number of alkyl halides is 1. The fourth-order valence-corrected chi connectivity index (χ4v) is 1.30. The van der Waals surface area contributed by atoms with E-state index in [2.05, 4.69) is 11.8 Å². The maximum absolute atomic E-state index is 5.63. The molecule has 0 saturated carbocycles. The van der Waals surface area contributed by atoms with Crippen LogP contribution in [0.15, 0.2) is 0 Å². The Bertz CT molecular complexity index is 85.0. The van der Waals surface area contributed by atoms with Gasteiger partial charge < -0.3 is 0 Å². The van der Waals surface area contributed by atoms with Crippen molar-refractivity contribution in [2.75, 3.05) is 19.0 Å². The number of unbranched alkanes of at least 4 members (excludes halogenated alkanes) is 1. The van der Waals surface area contributed by atoms with E-state index >= 15 is 0 Å². The van der Waals surface area contributed by atoms with E-state index in [1.807, 2.05) is 0 Å². The van der Waals surface area contributed by atoms with Gasteiger partial charge in [-0.15, -0.1) is 11.6 Å². The maximum atomic E-state index is 5.63. The van der Waals surface area contributed by atoms with E-state index in [1.54, 1.807) is 0 Å². The molecule has 1 heterocycles. The predicted octanol–water partition coefficient (Wildman–Crippen LogP) is 1.71. The summed E-state index contributed by atoms with van der Waals surface area (Å²) in [4.78, 5) is 2.43. The van der Waals surface area contributed by atoms with Crippen LogP contribution in [0.1, 0.15) is 19.8 Å². The molecule has 1 saturated heterocycles. The summed E-state index contributed by atoms with van der Waals surface area (Å²) in [6, 6.07) is 0.721. The second kappa shape index (κ2) is 3.43. The highest BCUT2D eigenvalue weighted by Gasteiger charge is 2.31. The molecular formula is C7H14ClN. The molecule has 1 nitrogen and oxygen atoms in total. The highest BCUT2D eigenvalue weighted by molar-refractivity contribution is 6.18. The molecule has 0 aliphatic carbocycles. The van der Waals surface area contributed by atoms with Gasteiger partial charge >= 0.3 is 0 Å². The molecule has 2 heteroatoms. The first-order valence-electron chi connectivity index (χ1n) is 3.68. The van der Waals surface area contributed by atoms with Crippen LogP contribution in [0.2, 0.25) is 0 Å². The first-order valence-corrected chi connectivity index (χ1v) is 4.22. The van der Waals surface area contributed by atoms with Gasteiger partial charge in [0.15, 0.2) is 0 Å². The van der Waals surface area contributed by atoms with Gasteiger partial charge in [-0.25, -0.2) is 0 Å². The molecule has 0 aromatic rings. The highest BCUT2D eigenvalue weighted by Crippen LogP contribution is 2.18. The van der Waals surface area contributed by atoms with Gasteiger partial charge in [0, 0.05) is 18.5 Å². The Labute approximate surface area is 62.0 Å². The van der Waals surface area contributed by atoms with Crippen LogP contribution in [0.4, 0.5) is 0 Å². The average Bonchev–Trinajstić information content (AvgIpc) is 2.62. The lowest BCUT2D eigenvalue weighted by Gasteiger charge is -1.97. The van der Waals surface area contributed by atoms with Gasteiger partial charge in [0.1, 0.15) is 0 Å². The van der Waals surface area contributed by atoms with Gasteiger partial charge in [-0.1, -0.05) is 13.3 Å². The summed E-state index contributed by atoms with van der Waals surface area (Å²) in [7, 11) is 0. The van der Waals surface area contributed by atoms with Gasteiger partial charge in [0.25, 0.3) is 0 Å². The highest BCUT2D eigenvalue weighted by atomic mass is 35.5. The van der Waals surface area contributed by atoms with Crippen molar-refractivity contribution in [3.05, 3.63) is 0 Å². The minimum Gasteiger partial charge on any atom is -0.296 e. The fraction of sp³-hybridized carbons (Fsp3) is 1.00. The quantitative estimate of drug-likeness (QED) is 0.432. The number of hydrogen-bond acceptors (Lipinski definition) is 1. The summed E-state index contributed by atoms with van der Waals surface area (Å²) < 4.78 is 0. The lowest BCUT2D eigenvalue weighted by molar-refractivity contribution is 0.498. The SMILES string of the molecule is CCCCN1CC1CCl. The molecule has 0 bridgehead atoms. The third kappa shape index (κ3) is 2.15. The Morgan fingerprint density at radius 1 is 1.67 bits per heavy atom. The molecule has 2 unspecified atom stereocenters. The third-order valence-corrected chi connectivity index (χ3v) is 2.16. The Hall–Kier alpha value is 0.250. The van der Waals surface area contributed by atoms with Crippen molar-refractivity contribution in [3.63, 3.8) is 0 Å². The third-order valence-electron chi connectivity index (χ3n) is 1.81. The number of rotatable bonds is 4. The van der Waals surface area contributed by atoms with Crippen molar-refractivity contribution in [1.82, 2.24) is 4.90 Å². The second-order valence-electron chi connectivity index (χ2n) is 2.66. The summed E-state index contributed by atoms with van der Waals surface area (Å²) in [6.07, 6.45) is 2.62. The summed E-state index contributed by atoms with van der Waals surface area (Å²) in [5.41, 5.74) is 0. The molecule has 0 aromatic heterocycles. The fourth-order valence-electron chi connectivity index (χ4n) is 1.01. The smallest absolute Gasteiger partial charge is 0.0392 e. The lowest BCUT2D eigenvalue weighted by atomic mass is 10.3. The Morgan fingerprint density at radius 2 is 2.44 bits per heavy atom. The molecule has 0 spiro atoms. The summed E-state index contributed by atoms with van der Waals surface area (Å²) in [5.74, 6) is 0.823. The number of nitrogens with zero attached hydrogens (tertiary/aromatic N) is 1. The van der Waals surface area contributed by atoms with E-state index < -0.39 is 0 Å². The largest absolute Gasteiger partial charge is 0.296 e. The van der Waals surface area contributed by atoms with E-state index in [4.69, 9.17) is 11.6 Å². The van der Waals surface area contributed by atoms with Gasteiger partial charge in [-0.05, 0) is 13.0 Å². The molecule has 0 radical (unpaired) electrons. The first-order chi connectivity index (χ1) is 4.38. The van der Waals surface area contributed by atoms with Gasteiger partial charge in [-0.2, -0.15) is 0 Å². The van der Waals surface area contributed by atoms with Crippen molar-refractivity contribution in [1.29, 1.82) is 0 Å². The standard InChI is InChI=1S/C7H14ClN/c1-2-3-4-9-6-7(9)5-8/h7H,2-6H2,1H3. The molecule has 0 amide bonds. The van der Waals surface area contributed by atoms with Gasteiger partial charge in [0.2, 0.25) is 0 Å². The van der Waals surface area contributed by atoms with Crippen LogP contribution in [0.25, 0.3) is 0 Å². The van der Waals surface area contributed by atoms with E-state index in [-0.39, 0.29) is 0 Å². The molecule has 0 N–H and O–H groups in total. The molecule has 9 heavy (non-hydrogen) atoms. The van der Waals surface area contributed by atoms with Crippen LogP contribution in [0, 0.1) is 0 Å². The number of halogens is 1. The summed E-state index contributed by atoms with van der Waals surface area (Å²) >= 11 is 5.63. The molecular weight excluding hydrogens is 134 g/mol. The normalized spacial score (nSPS) is 32.7. The predicted molar refractivity (Wildman–Crippen MR) is 41.0 cm³/mol. The Morgan fingerprint density at radius 3 is 2.89 bits per heavy atom. The monoisotopic (exact) mass is 147 g/mol. The minimum atomic E-state index is 0.721. The van der Waals surface area contributed by atoms with Gasteiger partial charge in [-0.3, -0.25) is 4.90 Å². The molecule has 1 rings (SSSR count). The van der Waals surface area contributed by atoms with Crippen molar-refractivity contribution in [2.45, 2.75) is 25.8 Å². The zero-order chi connectivity index (χ0) is 6.69. The zero-order valence-electron chi connectivity index (χ0n) is 5.94. The van der Waals surface area contributed by atoms with Crippen LogP contribution >= 0.6 is 11.6 Å². The number of hydrogen-bond donors (Lipinski definition) is 0. The zero-order valence-corrected chi connectivity index (χ0v) is 6.69. The maximum Gasteiger partial charge on any atom is 0.0392 e. The van der Waals surface area contributed by atoms with Crippen LogP contribution in [0.3, 0.4) is 0 Å². The van der Waals surface area contributed by atoms with Gasteiger partial charge in [0.05, 0.1) is 0 Å². The lowest BCUT2D eigenvalue weighted by Crippen LogP contribution is -2.03. The summed E-state index contributed by atoms with van der Waals surface area (Å²) in [5, 5.41) is 0. The second-order valence-corrected chi connectivity index (χ2v) is 2.97. The van der Waals surface area contributed by atoms with Crippen molar-refractivity contribution < 1.29 is 0 Å². The van der Waals surface area contributed by atoms with Crippen molar-refractivity contribution in [2.24, 2.45) is 0 Å². The van der Waals surface area contributed by atoms with Crippen LogP contribution in [-0.4, -0.2) is 29.9 Å². The Kier molecular flexibility index (Phi) is 2.80. The topological polar surface area (TPSA) is 3.01 Å². The van der Waals surface area contributed by atoms with E-state index in [0.717, 1.165) is 11.9 Å². The first kappa shape index (κ1) is 7.36. The molecule has 2 atom stereocenters. The average molecular weight is 148 g/mol. The summed E-state index contributed by atoms with van der Waals surface area (Å²) in [6.45, 7) is 4.72. The van der Waals surface area contributed by atoms with E-state index in [9.17, 15) is 0 Å². The Balaban J connectivity index is 1.92.